The summed E-state index contributed by atoms with van der Waals surface area (Å²) >= 11 is 5.90. The molecule has 18 heavy (non-hydrogen) atoms. The van der Waals surface area contributed by atoms with Gasteiger partial charge in [-0.2, -0.15) is 5.26 Å². The predicted molar refractivity (Wildman–Crippen MR) is 72.2 cm³/mol. The van der Waals surface area contributed by atoms with E-state index in [1.165, 1.54) is 0 Å². The predicted octanol–water partition coefficient (Wildman–Crippen LogP) is 2.94. The third kappa shape index (κ3) is 4.05. The lowest BCUT2D eigenvalue weighted by Gasteiger charge is -2.20. The number of nitrogens with zero attached hydrogens (tertiary/aromatic N) is 1. The van der Waals surface area contributed by atoms with Crippen LogP contribution < -0.4 is 5.32 Å². The molecule has 1 atom stereocenters. The van der Waals surface area contributed by atoms with E-state index in [0.717, 1.165) is 5.56 Å². The average molecular weight is 265 g/mol. The molecule has 0 saturated carbocycles. The van der Waals surface area contributed by atoms with Gasteiger partial charge in [0.2, 0.25) is 5.91 Å². The third-order valence-electron chi connectivity index (χ3n) is 2.66. The summed E-state index contributed by atoms with van der Waals surface area (Å²) in [7, 11) is 0. The Bertz CT molecular complexity index is 477. The second-order valence-electron chi connectivity index (χ2n) is 4.95. The Labute approximate surface area is 113 Å². The molecule has 4 heteroatoms. The number of rotatable bonds is 4. The molecule has 1 amide bonds. The Morgan fingerprint density at radius 2 is 2.22 bits per heavy atom. The molecule has 0 radical (unpaired) electrons. The van der Waals surface area contributed by atoms with E-state index < -0.39 is 5.41 Å². The highest BCUT2D eigenvalue weighted by Gasteiger charge is 2.28. The van der Waals surface area contributed by atoms with E-state index in [2.05, 4.69) is 5.32 Å². The number of nitrogens with one attached hydrogen (secondary N) is 1. The third-order valence-corrected chi connectivity index (χ3v) is 2.89. The summed E-state index contributed by atoms with van der Waals surface area (Å²) in [5.74, 6) is -0.250. The molecule has 0 heterocycles. The smallest absolute Gasteiger partial charge is 0.240 e. The van der Waals surface area contributed by atoms with Crippen molar-refractivity contribution in [1.82, 2.24) is 5.32 Å². The topological polar surface area (TPSA) is 52.9 Å². The lowest BCUT2D eigenvalue weighted by molar-refractivity contribution is -0.127. The first kappa shape index (κ1) is 14.5. The number of hydrogen-bond donors (Lipinski definition) is 1. The van der Waals surface area contributed by atoms with Crippen LogP contribution in [-0.4, -0.2) is 11.9 Å². The van der Waals surface area contributed by atoms with E-state index in [-0.39, 0.29) is 11.9 Å². The first-order valence-corrected chi connectivity index (χ1v) is 6.19. The summed E-state index contributed by atoms with van der Waals surface area (Å²) in [4.78, 5) is 11.8. The number of nitriles is 1. The number of hydrogen-bond acceptors (Lipinski definition) is 2. The van der Waals surface area contributed by atoms with Gasteiger partial charge < -0.3 is 5.32 Å². The van der Waals surface area contributed by atoms with Gasteiger partial charge in [-0.3, -0.25) is 4.79 Å². The molecule has 1 N–H and O–H groups in total. The molecule has 0 saturated heterocycles. The van der Waals surface area contributed by atoms with Crippen LogP contribution in [-0.2, 0) is 11.2 Å². The van der Waals surface area contributed by atoms with Gasteiger partial charge in [0, 0.05) is 11.1 Å². The largest absolute Gasteiger partial charge is 0.352 e. The van der Waals surface area contributed by atoms with Crippen LogP contribution in [0.5, 0.6) is 0 Å². The zero-order valence-electron chi connectivity index (χ0n) is 10.8. The van der Waals surface area contributed by atoms with E-state index >= 15 is 0 Å². The van der Waals surface area contributed by atoms with Crippen molar-refractivity contribution in [2.24, 2.45) is 5.41 Å². The Morgan fingerprint density at radius 1 is 1.56 bits per heavy atom. The van der Waals surface area contributed by atoms with Crippen molar-refractivity contribution in [3.05, 3.63) is 34.9 Å². The highest BCUT2D eigenvalue weighted by atomic mass is 35.5. The van der Waals surface area contributed by atoms with Crippen LogP contribution in [0.2, 0.25) is 5.02 Å². The fourth-order valence-corrected chi connectivity index (χ4v) is 1.74. The van der Waals surface area contributed by atoms with Gasteiger partial charge in [-0.25, -0.2) is 0 Å². The average Bonchev–Trinajstić information content (AvgIpc) is 2.28. The van der Waals surface area contributed by atoms with Crippen molar-refractivity contribution in [2.45, 2.75) is 33.2 Å². The van der Waals surface area contributed by atoms with Crippen molar-refractivity contribution in [3.63, 3.8) is 0 Å². The highest BCUT2D eigenvalue weighted by Crippen LogP contribution is 2.15. The van der Waals surface area contributed by atoms with E-state index in [1.54, 1.807) is 13.8 Å². The zero-order valence-corrected chi connectivity index (χ0v) is 11.6. The molecule has 0 spiro atoms. The van der Waals surface area contributed by atoms with Crippen LogP contribution in [0.25, 0.3) is 0 Å². The molecule has 0 aliphatic heterocycles. The second-order valence-corrected chi connectivity index (χ2v) is 5.38. The maximum atomic E-state index is 11.8. The molecule has 0 unspecified atom stereocenters. The number of carbonyl (C=O) groups is 1. The molecule has 0 fully saturated rings. The normalized spacial score (nSPS) is 12.6. The summed E-state index contributed by atoms with van der Waals surface area (Å²) < 4.78 is 0. The summed E-state index contributed by atoms with van der Waals surface area (Å²) in [6.45, 7) is 5.12. The first-order chi connectivity index (χ1) is 8.35. The zero-order chi connectivity index (χ0) is 13.8. The van der Waals surface area contributed by atoms with Crippen LogP contribution in [0.3, 0.4) is 0 Å². The SMILES string of the molecule is C[C@H](Cc1cccc(Cl)c1)NC(=O)C(C)(C)C#N. The fraction of sp³-hybridized carbons (Fsp3) is 0.429. The van der Waals surface area contributed by atoms with Gasteiger partial charge in [-0.05, 0) is 44.9 Å². The Morgan fingerprint density at radius 3 is 2.78 bits per heavy atom. The number of benzene rings is 1. The minimum Gasteiger partial charge on any atom is -0.352 e. The molecule has 96 valence electrons. The molecular formula is C14H17ClN2O. The minimum absolute atomic E-state index is 0.0383. The maximum Gasteiger partial charge on any atom is 0.240 e. The van der Waals surface area contributed by atoms with Crippen LogP contribution in [0.4, 0.5) is 0 Å². The second kappa shape index (κ2) is 5.88. The molecule has 0 aliphatic rings. The van der Waals surface area contributed by atoms with Gasteiger partial charge in [0.25, 0.3) is 0 Å². The van der Waals surface area contributed by atoms with Crippen molar-refractivity contribution < 1.29 is 4.79 Å². The lowest BCUT2D eigenvalue weighted by Crippen LogP contribution is -2.41. The van der Waals surface area contributed by atoms with Crippen LogP contribution in [0, 0.1) is 16.7 Å². The molecule has 0 aliphatic carbocycles. The summed E-state index contributed by atoms with van der Waals surface area (Å²) in [6.07, 6.45) is 0.688. The van der Waals surface area contributed by atoms with Crippen LogP contribution in [0.1, 0.15) is 26.3 Å². The van der Waals surface area contributed by atoms with Gasteiger partial charge in [0.15, 0.2) is 0 Å². The molecule has 0 bridgehead atoms. The van der Waals surface area contributed by atoms with Crippen molar-refractivity contribution in [3.8, 4) is 6.07 Å². The Hall–Kier alpha value is -1.53. The minimum atomic E-state index is -0.997. The summed E-state index contributed by atoms with van der Waals surface area (Å²) in [6, 6.07) is 9.48. The number of amides is 1. The Balaban J connectivity index is 2.60. The van der Waals surface area contributed by atoms with Crippen molar-refractivity contribution >= 4 is 17.5 Å². The first-order valence-electron chi connectivity index (χ1n) is 5.82. The van der Waals surface area contributed by atoms with Gasteiger partial charge in [0.05, 0.1) is 6.07 Å². The molecule has 1 rings (SSSR count). The van der Waals surface area contributed by atoms with Crippen molar-refractivity contribution in [1.29, 1.82) is 5.26 Å². The fourth-order valence-electron chi connectivity index (χ4n) is 1.52. The molecular weight excluding hydrogens is 248 g/mol. The van der Waals surface area contributed by atoms with Gasteiger partial charge >= 0.3 is 0 Å². The van der Waals surface area contributed by atoms with E-state index in [0.29, 0.717) is 11.4 Å². The monoisotopic (exact) mass is 264 g/mol. The van der Waals surface area contributed by atoms with E-state index in [1.807, 2.05) is 37.3 Å². The summed E-state index contributed by atoms with van der Waals surface area (Å²) in [5.41, 5.74) is 0.0628. The number of halogens is 1. The molecule has 1 aromatic carbocycles. The maximum absolute atomic E-state index is 11.8. The Kier molecular flexibility index (Phi) is 4.75. The lowest BCUT2D eigenvalue weighted by atomic mass is 9.94. The van der Waals surface area contributed by atoms with E-state index in [4.69, 9.17) is 16.9 Å². The van der Waals surface area contributed by atoms with E-state index in [9.17, 15) is 4.79 Å². The molecule has 3 nitrogen and oxygen atoms in total. The quantitative estimate of drug-likeness (QED) is 0.909. The number of carbonyl (C=O) groups excluding carboxylic acids is 1. The van der Waals surface area contributed by atoms with Gasteiger partial charge in [-0.1, -0.05) is 23.7 Å². The van der Waals surface area contributed by atoms with Crippen molar-refractivity contribution in [2.75, 3.05) is 0 Å². The van der Waals surface area contributed by atoms with Crippen LogP contribution in [0.15, 0.2) is 24.3 Å². The van der Waals surface area contributed by atoms with Gasteiger partial charge in [-0.15, -0.1) is 0 Å². The highest BCUT2D eigenvalue weighted by molar-refractivity contribution is 6.30. The summed E-state index contributed by atoms with van der Waals surface area (Å²) in [5, 5.41) is 12.4. The standard InChI is InChI=1S/C14H17ClN2O/c1-10(17-13(18)14(2,3)9-16)7-11-5-4-6-12(15)8-11/h4-6,8,10H,7H2,1-3H3,(H,17,18)/t10-/m1/s1. The molecule has 0 aromatic heterocycles. The van der Waals surface area contributed by atoms with Gasteiger partial charge in [0.1, 0.15) is 5.41 Å². The molecule has 1 aromatic rings. The van der Waals surface area contributed by atoms with Crippen LogP contribution >= 0.6 is 11.6 Å².